The highest BCUT2D eigenvalue weighted by Crippen LogP contribution is 2.20. The topological polar surface area (TPSA) is 90.0 Å². The van der Waals surface area contributed by atoms with Crippen LogP contribution in [0.15, 0.2) is 29.3 Å². The molecular weight excluding hydrogens is 302 g/mol. The molecule has 1 aromatic carbocycles. The molecule has 3 N–H and O–H groups in total. The van der Waals surface area contributed by atoms with Gasteiger partial charge < -0.3 is 5.73 Å². The number of aryl methyl sites for hydroxylation is 1. The van der Waals surface area contributed by atoms with E-state index in [-0.39, 0.29) is 6.54 Å². The molecule has 0 atom stereocenters. The molecule has 1 aromatic heterocycles. The van der Waals surface area contributed by atoms with E-state index in [1.54, 1.807) is 24.0 Å². The molecule has 0 spiro atoms. The number of benzene rings is 1. The van der Waals surface area contributed by atoms with Crippen molar-refractivity contribution < 1.29 is 17.2 Å². The maximum absolute atomic E-state index is 13.6. The van der Waals surface area contributed by atoms with Gasteiger partial charge >= 0.3 is 0 Å². The number of anilines is 1. The SMILES string of the molecule is Cn1nccc1CCNS(=O)(=O)c1cc(N)c(F)cc1F. The second kappa shape index (κ2) is 5.78. The minimum Gasteiger partial charge on any atom is -0.396 e. The summed E-state index contributed by atoms with van der Waals surface area (Å²) in [6.45, 7) is 0.0542. The number of nitrogen functional groups attached to an aromatic ring is 1. The zero-order valence-electron chi connectivity index (χ0n) is 11.2. The summed E-state index contributed by atoms with van der Waals surface area (Å²) >= 11 is 0. The third-order valence-electron chi connectivity index (χ3n) is 2.94. The van der Waals surface area contributed by atoms with Crippen molar-refractivity contribution in [2.75, 3.05) is 12.3 Å². The van der Waals surface area contributed by atoms with E-state index in [4.69, 9.17) is 5.73 Å². The van der Waals surface area contributed by atoms with Gasteiger partial charge in [-0.05, 0) is 12.1 Å². The van der Waals surface area contributed by atoms with Crippen molar-refractivity contribution in [3.8, 4) is 0 Å². The maximum atomic E-state index is 13.6. The highest BCUT2D eigenvalue weighted by atomic mass is 32.2. The molecule has 0 radical (unpaired) electrons. The summed E-state index contributed by atoms with van der Waals surface area (Å²) in [5.74, 6) is -2.18. The van der Waals surface area contributed by atoms with Crippen LogP contribution in [0.25, 0.3) is 0 Å². The molecule has 0 aliphatic heterocycles. The van der Waals surface area contributed by atoms with E-state index in [1.807, 2.05) is 0 Å². The number of nitrogens with two attached hydrogens (primary N) is 1. The van der Waals surface area contributed by atoms with Crippen molar-refractivity contribution in [2.24, 2.45) is 7.05 Å². The van der Waals surface area contributed by atoms with Crippen LogP contribution in [0.3, 0.4) is 0 Å². The molecule has 9 heteroatoms. The Morgan fingerprint density at radius 3 is 2.67 bits per heavy atom. The van der Waals surface area contributed by atoms with Crippen molar-refractivity contribution >= 4 is 15.7 Å². The van der Waals surface area contributed by atoms with Crippen LogP contribution in [0, 0.1) is 11.6 Å². The Morgan fingerprint density at radius 2 is 2.05 bits per heavy atom. The Morgan fingerprint density at radius 1 is 1.33 bits per heavy atom. The Bertz CT molecular complexity index is 759. The average molecular weight is 316 g/mol. The molecule has 2 rings (SSSR count). The number of hydrogen-bond donors (Lipinski definition) is 2. The molecule has 0 saturated heterocycles. The standard InChI is InChI=1S/C12H14F2N4O2S/c1-18-8(2-4-16-18)3-5-17-21(19,20)12-7-11(15)9(13)6-10(12)14/h2,4,6-7,17H,3,5,15H2,1H3. The van der Waals surface area contributed by atoms with Crippen LogP contribution < -0.4 is 10.5 Å². The lowest BCUT2D eigenvalue weighted by atomic mass is 10.3. The quantitative estimate of drug-likeness (QED) is 0.799. The highest BCUT2D eigenvalue weighted by molar-refractivity contribution is 7.89. The lowest BCUT2D eigenvalue weighted by Crippen LogP contribution is -2.27. The fourth-order valence-electron chi connectivity index (χ4n) is 1.79. The summed E-state index contributed by atoms with van der Waals surface area (Å²) in [6.07, 6.45) is 1.97. The summed E-state index contributed by atoms with van der Waals surface area (Å²) in [6, 6.07) is 2.95. The Labute approximate surface area is 120 Å². The molecule has 114 valence electrons. The third-order valence-corrected chi connectivity index (χ3v) is 4.41. The van der Waals surface area contributed by atoms with Crippen LogP contribution in [0.1, 0.15) is 5.69 Å². The van der Waals surface area contributed by atoms with Gasteiger partial charge in [0.05, 0.1) is 5.69 Å². The first-order valence-corrected chi connectivity index (χ1v) is 7.50. The van der Waals surface area contributed by atoms with Gasteiger partial charge in [0.1, 0.15) is 16.5 Å². The number of halogens is 2. The molecule has 0 aliphatic carbocycles. The molecule has 0 bridgehead atoms. The van der Waals surface area contributed by atoms with E-state index in [2.05, 4.69) is 9.82 Å². The maximum Gasteiger partial charge on any atom is 0.243 e. The van der Waals surface area contributed by atoms with Crippen LogP contribution >= 0.6 is 0 Å². The summed E-state index contributed by atoms with van der Waals surface area (Å²) in [7, 11) is -2.37. The second-order valence-corrected chi connectivity index (χ2v) is 6.13. The molecule has 6 nitrogen and oxygen atoms in total. The van der Waals surface area contributed by atoms with Gasteiger partial charge in [0, 0.05) is 38.0 Å². The monoisotopic (exact) mass is 316 g/mol. The smallest absolute Gasteiger partial charge is 0.243 e. The minimum absolute atomic E-state index is 0.0542. The number of rotatable bonds is 5. The lowest BCUT2D eigenvalue weighted by Gasteiger charge is -2.09. The van der Waals surface area contributed by atoms with E-state index < -0.39 is 32.2 Å². The molecule has 2 aromatic rings. The zero-order chi connectivity index (χ0) is 15.6. The number of hydrogen-bond acceptors (Lipinski definition) is 4. The summed E-state index contributed by atoms with van der Waals surface area (Å²) < 4.78 is 54.4. The predicted octanol–water partition coefficient (Wildman–Crippen LogP) is 0.802. The Hall–Kier alpha value is -2.00. The Kier molecular flexibility index (Phi) is 4.24. The average Bonchev–Trinajstić information content (AvgIpc) is 2.79. The molecule has 0 amide bonds. The first-order chi connectivity index (χ1) is 9.81. The largest absolute Gasteiger partial charge is 0.396 e. The van der Waals surface area contributed by atoms with Gasteiger partial charge in [0.2, 0.25) is 10.0 Å². The van der Waals surface area contributed by atoms with Crippen molar-refractivity contribution in [3.05, 3.63) is 41.7 Å². The van der Waals surface area contributed by atoms with Crippen LogP contribution in [0.2, 0.25) is 0 Å². The van der Waals surface area contributed by atoms with E-state index in [1.165, 1.54) is 0 Å². The van der Waals surface area contributed by atoms with Crippen molar-refractivity contribution in [1.82, 2.24) is 14.5 Å². The first kappa shape index (κ1) is 15.4. The van der Waals surface area contributed by atoms with Gasteiger partial charge in [-0.2, -0.15) is 5.10 Å². The minimum atomic E-state index is -4.10. The normalized spacial score (nSPS) is 11.8. The van der Waals surface area contributed by atoms with Crippen LogP contribution in [0.4, 0.5) is 14.5 Å². The van der Waals surface area contributed by atoms with Gasteiger partial charge in [-0.3, -0.25) is 4.68 Å². The van der Waals surface area contributed by atoms with Gasteiger partial charge in [0.25, 0.3) is 0 Å². The third kappa shape index (κ3) is 3.37. The number of nitrogens with one attached hydrogen (secondary N) is 1. The predicted molar refractivity (Wildman–Crippen MR) is 72.9 cm³/mol. The molecule has 21 heavy (non-hydrogen) atoms. The lowest BCUT2D eigenvalue weighted by molar-refractivity contribution is 0.544. The molecule has 0 unspecified atom stereocenters. The summed E-state index contributed by atoms with van der Waals surface area (Å²) in [4.78, 5) is -0.675. The van der Waals surface area contributed by atoms with Crippen molar-refractivity contribution in [2.45, 2.75) is 11.3 Å². The summed E-state index contributed by atoms with van der Waals surface area (Å²) in [5, 5.41) is 3.95. The van der Waals surface area contributed by atoms with Gasteiger partial charge in [0.15, 0.2) is 0 Å². The molecule has 0 aliphatic rings. The van der Waals surface area contributed by atoms with E-state index in [0.717, 1.165) is 11.8 Å². The first-order valence-electron chi connectivity index (χ1n) is 6.02. The number of sulfonamides is 1. The van der Waals surface area contributed by atoms with Crippen LogP contribution in [-0.2, 0) is 23.5 Å². The fraction of sp³-hybridized carbons (Fsp3) is 0.250. The van der Waals surface area contributed by atoms with Crippen molar-refractivity contribution in [3.63, 3.8) is 0 Å². The molecular formula is C12H14F2N4O2S. The van der Waals surface area contributed by atoms with Crippen LogP contribution in [0.5, 0.6) is 0 Å². The number of nitrogens with zero attached hydrogens (tertiary/aromatic N) is 2. The van der Waals surface area contributed by atoms with Crippen molar-refractivity contribution in [1.29, 1.82) is 0 Å². The van der Waals surface area contributed by atoms with Gasteiger partial charge in [-0.25, -0.2) is 21.9 Å². The molecule has 0 fully saturated rings. The second-order valence-electron chi connectivity index (χ2n) is 4.40. The van der Waals surface area contributed by atoms with E-state index in [9.17, 15) is 17.2 Å². The van der Waals surface area contributed by atoms with Gasteiger partial charge in [-0.1, -0.05) is 0 Å². The fourth-order valence-corrected chi connectivity index (χ4v) is 2.91. The zero-order valence-corrected chi connectivity index (χ0v) is 12.0. The molecule has 1 heterocycles. The van der Waals surface area contributed by atoms with Gasteiger partial charge in [-0.15, -0.1) is 0 Å². The van der Waals surface area contributed by atoms with E-state index in [0.29, 0.717) is 12.5 Å². The Balaban J connectivity index is 2.12. The molecule has 0 saturated carbocycles. The number of aromatic nitrogens is 2. The summed E-state index contributed by atoms with van der Waals surface area (Å²) in [5.41, 5.74) is 5.66. The van der Waals surface area contributed by atoms with Crippen LogP contribution in [-0.4, -0.2) is 24.7 Å². The highest BCUT2D eigenvalue weighted by Gasteiger charge is 2.21. The van der Waals surface area contributed by atoms with E-state index >= 15 is 0 Å².